The lowest BCUT2D eigenvalue weighted by atomic mass is 9.87. The van der Waals surface area contributed by atoms with Gasteiger partial charge in [0.05, 0.1) is 0 Å². The zero-order valence-corrected chi connectivity index (χ0v) is 13.6. The van der Waals surface area contributed by atoms with Crippen LogP contribution < -0.4 is 10.1 Å². The molecule has 0 bridgehead atoms. The molecule has 0 aliphatic carbocycles. The summed E-state index contributed by atoms with van der Waals surface area (Å²) in [5.41, 5.74) is 2.74. The van der Waals surface area contributed by atoms with Crippen LogP contribution in [0.3, 0.4) is 0 Å². The second-order valence-corrected chi connectivity index (χ2v) is 6.46. The molecule has 2 nitrogen and oxygen atoms in total. The van der Waals surface area contributed by atoms with E-state index in [2.05, 4.69) is 57.3 Å². The summed E-state index contributed by atoms with van der Waals surface area (Å²) in [5.74, 6) is 1.74. The van der Waals surface area contributed by atoms with Crippen molar-refractivity contribution in [3.8, 4) is 11.5 Å². The minimum Gasteiger partial charge on any atom is -0.457 e. The standard InChI is InChI=1S/C19H25NO/c1-14(20-5)15-6-10-17(11-7-15)21-18-12-8-16(9-13-18)19(2,3)4/h6-14,20H,1-5H3. The Bertz CT molecular complexity index is 564. The third-order valence-corrected chi connectivity index (χ3v) is 3.77. The molecule has 1 N–H and O–H groups in total. The van der Waals surface area contributed by atoms with Gasteiger partial charge in [0.25, 0.3) is 0 Å². The Kier molecular flexibility index (Phi) is 4.69. The van der Waals surface area contributed by atoms with Gasteiger partial charge >= 0.3 is 0 Å². The van der Waals surface area contributed by atoms with Crippen LogP contribution in [0.4, 0.5) is 0 Å². The molecule has 2 aromatic rings. The van der Waals surface area contributed by atoms with Crippen LogP contribution in [0.5, 0.6) is 11.5 Å². The van der Waals surface area contributed by atoms with E-state index >= 15 is 0 Å². The van der Waals surface area contributed by atoms with Gasteiger partial charge in [-0.3, -0.25) is 0 Å². The summed E-state index contributed by atoms with van der Waals surface area (Å²) in [6.07, 6.45) is 0. The highest BCUT2D eigenvalue weighted by Gasteiger charge is 2.13. The molecule has 0 saturated carbocycles. The zero-order valence-electron chi connectivity index (χ0n) is 13.6. The Labute approximate surface area is 128 Å². The van der Waals surface area contributed by atoms with Gasteiger partial charge in [-0.1, -0.05) is 45.0 Å². The average molecular weight is 283 g/mol. The van der Waals surface area contributed by atoms with Crippen LogP contribution in [0.15, 0.2) is 48.5 Å². The molecule has 0 spiro atoms. The number of hydrogen-bond acceptors (Lipinski definition) is 2. The van der Waals surface area contributed by atoms with Gasteiger partial charge in [-0.05, 0) is 54.8 Å². The van der Waals surface area contributed by atoms with Crippen molar-refractivity contribution >= 4 is 0 Å². The molecule has 2 aromatic carbocycles. The molecule has 0 aromatic heterocycles. The van der Waals surface area contributed by atoms with Crippen LogP contribution in [-0.4, -0.2) is 7.05 Å². The lowest BCUT2D eigenvalue weighted by Crippen LogP contribution is -2.11. The van der Waals surface area contributed by atoms with Crippen molar-refractivity contribution < 1.29 is 4.74 Å². The molecule has 0 aliphatic heterocycles. The number of nitrogens with one attached hydrogen (secondary N) is 1. The molecule has 0 fully saturated rings. The second kappa shape index (κ2) is 6.31. The molecule has 2 rings (SSSR count). The van der Waals surface area contributed by atoms with E-state index in [4.69, 9.17) is 4.74 Å². The van der Waals surface area contributed by atoms with E-state index in [-0.39, 0.29) is 5.41 Å². The summed E-state index contributed by atoms with van der Waals surface area (Å²) in [7, 11) is 1.96. The number of hydrogen-bond donors (Lipinski definition) is 1. The van der Waals surface area contributed by atoms with Crippen molar-refractivity contribution in [3.05, 3.63) is 59.7 Å². The van der Waals surface area contributed by atoms with Crippen LogP contribution in [0.25, 0.3) is 0 Å². The predicted octanol–water partition coefficient (Wildman–Crippen LogP) is 5.06. The molecule has 1 atom stereocenters. The molecule has 0 radical (unpaired) electrons. The van der Waals surface area contributed by atoms with Crippen LogP contribution in [0.1, 0.15) is 44.9 Å². The Morgan fingerprint density at radius 1 is 0.857 bits per heavy atom. The highest BCUT2D eigenvalue weighted by atomic mass is 16.5. The first-order chi connectivity index (χ1) is 9.90. The van der Waals surface area contributed by atoms with Crippen molar-refractivity contribution in [2.24, 2.45) is 0 Å². The normalized spacial score (nSPS) is 13.0. The molecule has 0 aliphatic rings. The van der Waals surface area contributed by atoms with E-state index in [9.17, 15) is 0 Å². The maximum absolute atomic E-state index is 5.89. The molecule has 112 valence electrons. The number of benzene rings is 2. The van der Waals surface area contributed by atoms with E-state index in [1.165, 1.54) is 11.1 Å². The zero-order chi connectivity index (χ0) is 15.5. The first kappa shape index (κ1) is 15.6. The molecule has 2 heteroatoms. The van der Waals surface area contributed by atoms with Crippen molar-refractivity contribution in [1.29, 1.82) is 0 Å². The Balaban J connectivity index is 2.08. The third kappa shape index (κ3) is 4.08. The van der Waals surface area contributed by atoms with Gasteiger partial charge < -0.3 is 10.1 Å². The largest absolute Gasteiger partial charge is 0.457 e. The van der Waals surface area contributed by atoms with E-state index in [1.807, 2.05) is 31.3 Å². The average Bonchev–Trinajstić information content (AvgIpc) is 2.47. The molecule has 0 saturated heterocycles. The Hall–Kier alpha value is -1.80. The first-order valence-corrected chi connectivity index (χ1v) is 7.46. The molecule has 0 amide bonds. The number of ether oxygens (including phenoxy) is 1. The maximum atomic E-state index is 5.89. The summed E-state index contributed by atoms with van der Waals surface area (Å²) < 4.78 is 5.89. The molecule has 0 heterocycles. The van der Waals surface area contributed by atoms with Gasteiger partial charge in [-0.2, -0.15) is 0 Å². The van der Waals surface area contributed by atoms with Crippen LogP contribution in [-0.2, 0) is 5.41 Å². The van der Waals surface area contributed by atoms with Gasteiger partial charge in [0.15, 0.2) is 0 Å². The fourth-order valence-corrected chi connectivity index (χ4v) is 2.15. The van der Waals surface area contributed by atoms with E-state index in [1.54, 1.807) is 0 Å². The Morgan fingerprint density at radius 2 is 1.33 bits per heavy atom. The quantitative estimate of drug-likeness (QED) is 0.847. The summed E-state index contributed by atoms with van der Waals surface area (Å²) in [4.78, 5) is 0. The fourth-order valence-electron chi connectivity index (χ4n) is 2.15. The van der Waals surface area contributed by atoms with Crippen molar-refractivity contribution in [2.75, 3.05) is 7.05 Å². The van der Waals surface area contributed by atoms with E-state index in [0.29, 0.717) is 6.04 Å². The smallest absolute Gasteiger partial charge is 0.127 e. The minimum atomic E-state index is 0.170. The van der Waals surface area contributed by atoms with Crippen LogP contribution >= 0.6 is 0 Å². The van der Waals surface area contributed by atoms with Gasteiger partial charge in [-0.15, -0.1) is 0 Å². The lowest BCUT2D eigenvalue weighted by Gasteiger charge is -2.19. The van der Waals surface area contributed by atoms with Gasteiger partial charge in [0, 0.05) is 6.04 Å². The minimum absolute atomic E-state index is 0.170. The van der Waals surface area contributed by atoms with Crippen molar-refractivity contribution in [2.45, 2.75) is 39.2 Å². The first-order valence-electron chi connectivity index (χ1n) is 7.46. The van der Waals surface area contributed by atoms with Gasteiger partial charge in [0.2, 0.25) is 0 Å². The van der Waals surface area contributed by atoms with Gasteiger partial charge in [-0.25, -0.2) is 0 Å². The van der Waals surface area contributed by atoms with Crippen molar-refractivity contribution in [1.82, 2.24) is 5.32 Å². The molecule has 21 heavy (non-hydrogen) atoms. The summed E-state index contributed by atoms with van der Waals surface area (Å²) >= 11 is 0. The number of rotatable bonds is 4. The monoisotopic (exact) mass is 283 g/mol. The third-order valence-electron chi connectivity index (χ3n) is 3.77. The van der Waals surface area contributed by atoms with E-state index in [0.717, 1.165) is 11.5 Å². The summed E-state index contributed by atoms with van der Waals surface area (Å²) in [5, 5.41) is 3.23. The highest BCUT2D eigenvalue weighted by molar-refractivity contribution is 5.36. The van der Waals surface area contributed by atoms with Crippen molar-refractivity contribution in [3.63, 3.8) is 0 Å². The molecule has 1 unspecified atom stereocenters. The SMILES string of the molecule is CNC(C)c1ccc(Oc2ccc(C(C)(C)C)cc2)cc1. The predicted molar refractivity (Wildman–Crippen MR) is 89.1 cm³/mol. The van der Waals surface area contributed by atoms with Gasteiger partial charge in [0.1, 0.15) is 11.5 Å². The fraction of sp³-hybridized carbons (Fsp3) is 0.368. The molecular formula is C19H25NO. The van der Waals surface area contributed by atoms with Crippen LogP contribution in [0.2, 0.25) is 0 Å². The molecular weight excluding hydrogens is 258 g/mol. The second-order valence-electron chi connectivity index (χ2n) is 6.46. The lowest BCUT2D eigenvalue weighted by molar-refractivity contribution is 0.481. The maximum Gasteiger partial charge on any atom is 0.127 e. The highest BCUT2D eigenvalue weighted by Crippen LogP contribution is 2.27. The van der Waals surface area contributed by atoms with E-state index < -0.39 is 0 Å². The summed E-state index contributed by atoms with van der Waals surface area (Å²) in [6.45, 7) is 8.78. The Morgan fingerprint density at radius 3 is 1.76 bits per heavy atom. The topological polar surface area (TPSA) is 21.3 Å². The van der Waals surface area contributed by atoms with Crippen LogP contribution in [0, 0.1) is 0 Å². The summed E-state index contributed by atoms with van der Waals surface area (Å²) in [6, 6.07) is 16.9.